The number of rotatable bonds is 8. The van der Waals surface area contributed by atoms with Crippen LogP contribution in [0.15, 0.2) is 18.2 Å². The van der Waals surface area contributed by atoms with Crippen LogP contribution in [-0.2, 0) is 9.59 Å². The first-order valence-corrected chi connectivity index (χ1v) is 6.98. The minimum atomic E-state index is -1.05. The molecule has 0 aliphatic carbocycles. The van der Waals surface area contributed by atoms with Gasteiger partial charge in [-0.3, -0.25) is 9.59 Å². The van der Waals surface area contributed by atoms with E-state index in [-0.39, 0.29) is 12.5 Å². The molecular formula is C13H16Cl2N2O4. The van der Waals surface area contributed by atoms with Crippen molar-refractivity contribution < 1.29 is 19.4 Å². The van der Waals surface area contributed by atoms with E-state index in [1.807, 2.05) is 0 Å². The highest BCUT2D eigenvalue weighted by Crippen LogP contribution is 2.27. The van der Waals surface area contributed by atoms with E-state index < -0.39 is 12.0 Å². The summed E-state index contributed by atoms with van der Waals surface area (Å²) < 4.78 is 5.25. The van der Waals surface area contributed by atoms with Crippen LogP contribution in [-0.4, -0.2) is 36.2 Å². The molecule has 1 aromatic carbocycles. The molecular weight excluding hydrogens is 319 g/mol. The smallest absolute Gasteiger partial charge is 0.320 e. The van der Waals surface area contributed by atoms with Gasteiger partial charge in [-0.2, -0.15) is 0 Å². The van der Waals surface area contributed by atoms with Crippen LogP contribution < -0.4 is 15.8 Å². The molecule has 0 radical (unpaired) electrons. The number of amides is 1. The minimum Gasteiger partial charge on any atom is -0.482 e. The monoisotopic (exact) mass is 334 g/mol. The molecule has 0 aromatic heterocycles. The van der Waals surface area contributed by atoms with Crippen molar-refractivity contribution in [3.8, 4) is 5.75 Å². The predicted molar refractivity (Wildman–Crippen MR) is 79.8 cm³/mol. The summed E-state index contributed by atoms with van der Waals surface area (Å²) in [5.41, 5.74) is 5.33. The van der Waals surface area contributed by atoms with Gasteiger partial charge in [0.2, 0.25) is 0 Å². The second kappa shape index (κ2) is 8.71. The lowest BCUT2D eigenvalue weighted by molar-refractivity contribution is -0.138. The van der Waals surface area contributed by atoms with Crippen molar-refractivity contribution in [2.24, 2.45) is 5.73 Å². The molecule has 0 fully saturated rings. The fourth-order valence-electron chi connectivity index (χ4n) is 1.46. The molecule has 116 valence electrons. The maximum Gasteiger partial charge on any atom is 0.320 e. The second-order valence-corrected chi connectivity index (χ2v) is 5.14. The fourth-order valence-corrected chi connectivity index (χ4v) is 1.92. The van der Waals surface area contributed by atoms with E-state index in [2.05, 4.69) is 5.32 Å². The zero-order valence-electron chi connectivity index (χ0n) is 11.1. The summed E-state index contributed by atoms with van der Waals surface area (Å²) in [6.07, 6.45) is 0.764. The van der Waals surface area contributed by atoms with Gasteiger partial charge in [0.1, 0.15) is 11.8 Å². The molecule has 0 heterocycles. The summed E-state index contributed by atoms with van der Waals surface area (Å²) in [4.78, 5) is 22.0. The molecule has 0 saturated heterocycles. The third kappa shape index (κ3) is 6.66. The van der Waals surface area contributed by atoms with Gasteiger partial charge in [-0.05, 0) is 31.0 Å². The number of halogens is 2. The third-order valence-electron chi connectivity index (χ3n) is 2.58. The Morgan fingerprint density at radius 1 is 1.38 bits per heavy atom. The lowest BCUT2D eigenvalue weighted by Crippen LogP contribution is -2.33. The van der Waals surface area contributed by atoms with Crippen LogP contribution in [0.1, 0.15) is 12.8 Å². The molecule has 8 heteroatoms. The first kappa shape index (κ1) is 17.6. The van der Waals surface area contributed by atoms with Gasteiger partial charge in [-0.1, -0.05) is 23.2 Å². The van der Waals surface area contributed by atoms with E-state index in [0.717, 1.165) is 0 Å². The van der Waals surface area contributed by atoms with Crippen LogP contribution in [0.3, 0.4) is 0 Å². The van der Waals surface area contributed by atoms with Crippen LogP contribution in [0.25, 0.3) is 0 Å². The molecule has 0 saturated carbocycles. The highest BCUT2D eigenvalue weighted by Gasteiger charge is 2.11. The molecule has 1 aromatic rings. The average Bonchev–Trinajstić information content (AvgIpc) is 2.42. The van der Waals surface area contributed by atoms with Crippen LogP contribution in [0.2, 0.25) is 10.0 Å². The van der Waals surface area contributed by atoms with E-state index >= 15 is 0 Å². The maximum absolute atomic E-state index is 11.5. The van der Waals surface area contributed by atoms with Gasteiger partial charge in [-0.15, -0.1) is 0 Å². The Kier molecular flexibility index (Phi) is 7.28. The van der Waals surface area contributed by atoms with Crippen molar-refractivity contribution in [3.63, 3.8) is 0 Å². The van der Waals surface area contributed by atoms with Gasteiger partial charge in [-0.25, -0.2) is 0 Å². The van der Waals surface area contributed by atoms with E-state index in [9.17, 15) is 9.59 Å². The molecule has 4 N–H and O–H groups in total. The predicted octanol–water partition coefficient (Wildman–Crippen LogP) is 1.68. The van der Waals surface area contributed by atoms with Gasteiger partial charge in [0.15, 0.2) is 6.61 Å². The normalized spacial score (nSPS) is 11.8. The second-order valence-electron chi connectivity index (χ2n) is 4.30. The Hall–Kier alpha value is -1.50. The average molecular weight is 335 g/mol. The lowest BCUT2D eigenvalue weighted by Gasteiger charge is -2.09. The van der Waals surface area contributed by atoms with Crippen molar-refractivity contribution >= 4 is 35.1 Å². The van der Waals surface area contributed by atoms with Gasteiger partial charge < -0.3 is 20.9 Å². The number of carboxylic acid groups (broad SMARTS) is 1. The number of hydrogen-bond acceptors (Lipinski definition) is 4. The zero-order valence-corrected chi connectivity index (χ0v) is 12.7. The van der Waals surface area contributed by atoms with E-state index in [1.165, 1.54) is 6.07 Å². The van der Waals surface area contributed by atoms with E-state index in [0.29, 0.717) is 35.2 Å². The van der Waals surface area contributed by atoms with Crippen LogP contribution in [0.4, 0.5) is 0 Å². The zero-order chi connectivity index (χ0) is 15.8. The lowest BCUT2D eigenvalue weighted by atomic mass is 10.2. The summed E-state index contributed by atoms with van der Waals surface area (Å²) in [6.45, 7) is 0.143. The maximum atomic E-state index is 11.5. The number of hydrogen-bond donors (Lipinski definition) is 3. The van der Waals surface area contributed by atoms with E-state index in [1.54, 1.807) is 12.1 Å². The third-order valence-corrected chi connectivity index (χ3v) is 3.11. The molecule has 1 rings (SSSR count). The number of aliphatic carboxylic acids is 1. The number of carboxylic acids is 1. The summed E-state index contributed by atoms with van der Waals surface area (Å²) >= 11 is 11.6. The molecule has 1 amide bonds. The standard InChI is InChI=1S/C13H16Cl2N2O4/c14-8-3-4-11(9(15)6-8)21-7-12(18)17-5-1-2-10(16)13(19)20/h3-4,6,10H,1-2,5,7,16H2,(H,17,18)(H,19,20). The van der Waals surface area contributed by atoms with Crippen molar-refractivity contribution in [1.82, 2.24) is 5.32 Å². The first-order valence-electron chi connectivity index (χ1n) is 6.23. The highest BCUT2D eigenvalue weighted by molar-refractivity contribution is 6.35. The van der Waals surface area contributed by atoms with Crippen LogP contribution in [0, 0.1) is 0 Å². The molecule has 21 heavy (non-hydrogen) atoms. The minimum absolute atomic E-state index is 0.188. The molecule has 0 aliphatic heterocycles. The van der Waals surface area contributed by atoms with Gasteiger partial charge in [0.05, 0.1) is 5.02 Å². The number of nitrogens with one attached hydrogen (secondary N) is 1. The largest absolute Gasteiger partial charge is 0.482 e. The number of benzene rings is 1. The van der Waals surface area contributed by atoms with Gasteiger partial charge in [0.25, 0.3) is 5.91 Å². The number of ether oxygens (including phenoxy) is 1. The van der Waals surface area contributed by atoms with Gasteiger partial charge >= 0.3 is 5.97 Å². The SMILES string of the molecule is NC(CCCNC(=O)COc1ccc(Cl)cc1Cl)C(=O)O. The highest BCUT2D eigenvalue weighted by atomic mass is 35.5. The Bertz CT molecular complexity index is 511. The molecule has 0 spiro atoms. The number of carbonyl (C=O) groups excluding carboxylic acids is 1. The van der Waals surface area contributed by atoms with Crippen molar-refractivity contribution in [2.75, 3.05) is 13.2 Å². The Morgan fingerprint density at radius 2 is 2.10 bits per heavy atom. The topological polar surface area (TPSA) is 102 Å². The Morgan fingerprint density at radius 3 is 2.71 bits per heavy atom. The fraction of sp³-hybridized carbons (Fsp3) is 0.385. The molecule has 1 atom stereocenters. The van der Waals surface area contributed by atoms with Gasteiger partial charge in [0, 0.05) is 11.6 Å². The number of nitrogens with two attached hydrogens (primary N) is 1. The van der Waals surface area contributed by atoms with Crippen molar-refractivity contribution in [3.05, 3.63) is 28.2 Å². The van der Waals surface area contributed by atoms with Crippen molar-refractivity contribution in [1.29, 1.82) is 0 Å². The summed E-state index contributed by atoms with van der Waals surface area (Å²) in [5, 5.41) is 12.0. The van der Waals surface area contributed by atoms with Crippen molar-refractivity contribution in [2.45, 2.75) is 18.9 Å². The summed E-state index contributed by atoms with van der Waals surface area (Å²) in [6, 6.07) is 3.78. The molecule has 0 aliphatic rings. The summed E-state index contributed by atoms with van der Waals surface area (Å²) in [5.74, 6) is -1.02. The molecule has 6 nitrogen and oxygen atoms in total. The first-order chi connectivity index (χ1) is 9.90. The Balaban J connectivity index is 2.24. The Labute approximate surface area is 132 Å². The van der Waals surface area contributed by atoms with Crippen LogP contribution >= 0.6 is 23.2 Å². The molecule has 0 bridgehead atoms. The quantitative estimate of drug-likeness (QED) is 0.628. The van der Waals surface area contributed by atoms with E-state index in [4.69, 9.17) is 38.8 Å². The van der Waals surface area contributed by atoms with Crippen LogP contribution in [0.5, 0.6) is 5.75 Å². The number of carbonyl (C=O) groups is 2. The summed E-state index contributed by atoms with van der Waals surface area (Å²) in [7, 11) is 0. The molecule has 1 unspecified atom stereocenters.